The summed E-state index contributed by atoms with van der Waals surface area (Å²) in [7, 11) is 2.16. The molecule has 0 bridgehead atoms. The van der Waals surface area contributed by atoms with E-state index in [1.165, 1.54) is 42.6 Å². The lowest BCUT2D eigenvalue weighted by atomic mass is 9.88. The zero-order valence-electron chi connectivity index (χ0n) is 20.4. The molecule has 0 saturated carbocycles. The van der Waals surface area contributed by atoms with Gasteiger partial charge in [0.25, 0.3) is 0 Å². The van der Waals surface area contributed by atoms with E-state index in [1.807, 2.05) is 18.2 Å². The second-order valence-corrected chi connectivity index (χ2v) is 9.04. The molecule has 178 valence electrons. The SMILES string of the molecule is CC/C(=C(\c1ccc(O)cc1)c1ccc(OCCN(C)CN2CCCC2)cc1)c1ccccc1. The van der Waals surface area contributed by atoms with Gasteiger partial charge in [-0.3, -0.25) is 9.80 Å². The molecular weight excluding hydrogens is 420 g/mol. The Morgan fingerprint density at radius 1 is 0.853 bits per heavy atom. The highest BCUT2D eigenvalue weighted by Crippen LogP contribution is 2.35. The molecule has 3 aromatic rings. The number of hydrogen-bond donors (Lipinski definition) is 1. The number of nitrogens with zero attached hydrogens (tertiary/aromatic N) is 2. The van der Waals surface area contributed by atoms with Crippen LogP contribution in [0.25, 0.3) is 11.1 Å². The maximum atomic E-state index is 9.82. The quantitative estimate of drug-likeness (QED) is 0.373. The molecule has 0 aliphatic carbocycles. The van der Waals surface area contributed by atoms with E-state index in [1.54, 1.807) is 12.1 Å². The van der Waals surface area contributed by atoms with Gasteiger partial charge >= 0.3 is 0 Å². The summed E-state index contributed by atoms with van der Waals surface area (Å²) < 4.78 is 6.06. The first kappa shape index (κ1) is 24.1. The van der Waals surface area contributed by atoms with Crippen LogP contribution in [0.2, 0.25) is 0 Å². The van der Waals surface area contributed by atoms with Gasteiger partial charge in [-0.15, -0.1) is 0 Å². The second-order valence-electron chi connectivity index (χ2n) is 9.04. The van der Waals surface area contributed by atoms with Crippen LogP contribution in [0.4, 0.5) is 0 Å². The monoisotopic (exact) mass is 456 g/mol. The van der Waals surface area contributed by atoms with Gasteiger partial charge in [0.05, 0.1) is 6.67 Å². The Morgan fingerprint density at radius 2 is 1.47 bits per heavy atom. The van der Waals surface area contributed by atoms with Gasteiger partial charge in [-0.1, -0.05) is 61.5 Å². The molecule has 0 aromatic heterocycles. The number of benzene rings is 3. The molecule has 1 aliphatic heterocycles. The molecule has 1 aliphatic rings. The minimum atomic E-state index is 0.277. The molecule has 4 heteroatoms. The standard InChI is InChI=1S/C30H36N2O2/c1-3-29(24-9-5-4-6-10-24)30(25-11-15-27(33)16-12-25)26-13-17-28(18-14-26)34-22-21-31(2)23-32-19-7-8-20-32/h4-6,9-18,33H,3,7-8,19-23H2,1-2H3/b30-29-. The number of ether oxygens (including phenoxy) is 1. The molecule has 1 heterocycles. The van der Waals surface area contributed by atoms with E-state index in [0.717, 1.165) is 36.5 Å². The maximum Gasteiger partial charge on any atom is 0.119 e. The Bertz CT molecular complexity index is 1050. The minimum Gasteiger partial charge on any atom is -0.508 e. The van der Waals surface area contributed by atoms with Crippen LogP contribution in [0, 0.1) is 0 Å². The molecule has 0 radical (unpaired) electrons. The molecule has 0 unspecified atom stereocenters. The third-order valence-electron chi connectivity index (χ3n) is 6.46. The largest absolute Gasteiger partial charge is 0.508 e. The van der Waals surface area contributed by atoms with Crippen molar-refractivity contribution in [3.05, 3.63) is 95.6 Å². The fourth-order valence-corrected chi connectivity index (χ4v) is 4.68. The zero-order chi connectivity index (χ0) is 23.8. The first-order valence-electron chi connectivity index (χ1n) is 12.4. The van der Waals surface area contributed by atoms with E-state index in [0.29, 0.717) is 6.61 Å². The van der Waals surface area contributed by atoms with Crippen LogP contribution in [0.5, 0.6) is 11.5 Å². The fourth-order valence-electron chi connectivity index (χ4n) is 4.68. The average Bonchev–Trinajstić information content (AvgIpc) is 3.37. The van der Waals surface area contributed by atoms with Crippen molar-refractivity contribution < 1.29 is 9.84 Å². The third-order valence-corrected chi connectivity index (χ3v) is 6.46. The molecule has 0 amide bonds. The van der Waals surface area contributed by atoms with Crippen LogP contribution in [-0.2, 0) is 0 Å². The first-order valence-corrected chi connectivity index (χ1v) is 12.4. The average molecular weight is 457 g/mol. The molecule has 34 heavy (non-hydrogen) atoms. The van der Waals surface area contributed by atoms with Crippen LogP contribution < -0.4 is 4.74 Å². The highest BCUT2D eigenvalue weighted by atomic mass is 16.5. The normalized spacial score (nSPS) is 14.9. The minimum absolute atomic E-state index is 0.277. The van der Waals surface area contributed by atoms with Gasteiger partial charge in [-0.2, -0.15) is 0 Å². The zero-order valence-corrected chi connectivity index (χ0v) is 20.4. The summed E-state index contributed by atoms with van der Waals surface area (Å²) in [6, 6.07) is 26.4. The van der Waals surface area contributed by atoms with E-state index < -0.39 is 0 Å². The smallest absolute Gasteiger partial charge is 0.119 e. The lowest BCUT2D eigenvalue weighted by Crippen LogP contribution is -2.35. The Hall–Kier alpha value is -3.08. The first-order chi connectivity index (χ1) is 16.6. The summed E-state index contributed by atoms with van der Waals surface area (Å²) in [5.41, 5.74) is 5.92. The molecule has 1 saturated heterocycles. The summed E-state index contributed by atoms with van der Waals surface area (Å²) in [6.45, 7) is 7.22. The lowest BCUT2D eigenvalue weighted by Gasteiger charge is -2.23. The van der Waals surface area contributed by atoms with Gasteiger partial charge in [0, 0.05) is 6.54 Å². The number of likely N-dealkylation sites (tertiary alicyclic amines) is 1. The van der Waals surface area contributed by atoms with Crippen LogP contribution in [0.15, 0.2) is 78.9 Å². The summed E-state index contributed by atoms with van der Waals surface area (Å²) >= 11 is 0. The Balaban J connectivity index is 1.51. The van der Waals surface area contributed by atoms with Crippen LogP contribution >= 0.6 is 0 Å². The maximum absolute atomic E-state index is 9.82. The number of phenolic OH excluding ortho intramolecular Hbond substituents is 1. The van der Waals surface area contributed by atoms with Crippen molar-refractivity contribution in [2.75, 3.05) is 40.0 Å². The molecular formula is C30H36N2O2. The van der Waals surface area contributed by atoms with Gasteiger partial charge in [0.1, 0.15) is 18.1 Å². The number of phenols is 1. The molecule has 0 atom stereocenters. The van der Waals surface area contributed by atoms with Crippen LogP contribution in [0.1, 0.15) is 42.9 Å². The number of allylic oxidation sites excluding steroid dienone is 1. The van der Waals surface area contributed by atoms with Crippen molar-refractivity contribution in [1.29, 1.82) is 0 Å². The summed E-state index contributed by atoms with van der Waals surface area (Å²) in [4.78, 5) is 4.84. The Labute approximate surface area is 204 Å². The number of rotatable bonds is 10. The third kappa shape index (κ3) is 6.28. The van der Waals surface area contributed by atoms with Crippen LogP contribution in [0.3, 0.4) is 0 Å². The van der Waals surface area contributed by atoms with Gasteiger partial charge < -0.3 is 9.84 Å². The van der Waals surface area contributed by atoms with E-state index in [4.69, 9.17) is 4.74 Å². The van der Waals surface area contributed by atoms with Crippen molar-refractivity contribution in [3.63, 3.8) is 0 Å². The van der Waals surface area contributed by atoms with Gasteiger partial charge in [0.15, 0.2) is 0 Å². The topological polar surface area (TPSA) is 35.9 Å². The molecule has 0 spiro atoms. The fraction of sp³-hybridized carbons (Fsp3) is 0.333. The Kier molecular flexibility index (Phi) is 8.40. The second kappa shape index (κ2) is 11.9. The van der Waals surface area contributed by atoms with Gasteiger partial charge in [0.2, 0.25) is 0 Å². The highest BCUT2D eigenvalue weighted by Gasteiger charge is 2.14. The van der Waals surface area contributed by atoms with Crippen molar-refractivity contribution in [3.8, 4) is 11.5 Å². The Morgan fingerprint density at radius 3 is 2.09 bits per heavy atom. The predicted octanol–water partition coefficient (Wildman–Crippen LogP) is 6.13. The van der Waals surface area contributed by atoms with E-state index in [9.17, 15) is 5.11 Å². The van der Waals surface area contributed by atoms with E-state index in [2.05, 4.69) is 72.3 Å². The molecule has 1 fully saturated rings. The lowest BCUT2D eigenvalue weighted by molar-refractivity contribution is 0.157. The van der Waals surface area contributed by atoms with Gasteiger partial charge in [-0.05, 0) is 91.5 Å². The van der Waals surface area contributed by atoms with Crippen LogP contribution in [-0.4, -0.2) is 54.9 Å². The molecule has 4 rings (SSSR count). The molecule has 1 N–H and O–H groups in total. The number of aromatic hydroxyl groups is 1. The van der Waals surface area contributed by atoms with Crippen molar-refractivity contribution in [2.24, 2.45) is 0 Å². The summed E-state index contributed by atoms with van der Waals surface area (Å²) in [6.07, 6.45) is 3.55. The van der Waals surface area contributed by atoms with Crippen molar-refractivity contribution >= 4 is 11.1 Å². The molecule has 4 nitrogen and oxygen atoms in total. The summed E-state index contributed by atoms with van der Waals surface area (Å²) in [5.74, 6) is 1.17. The van der Waals surface area contributed by atoms with E-state index in [-0.39, 0.29) is 5.75 Å². The highest BCUT2D eigenvalue weighted by molar-refractivity contribution is 5.98. The predicted molar refractivity (Wildman–Crippen MR) is 141 cm³/mol. The summed E-state index contributed by atoms with van der Waals surface area (Å²) in [5, 5.41) is 9.82. The van der Waals surface area contributed by atoms with E-state index >= 15 is 0 Å². The van der Waals surface area contributed by atoms with Crippen molar-refractivity contribution in [2.45, 2.75) is 26.2 Å². The number of hydrogen-bond acceptors (Lipinski definition) is 4. The number of likely N-dealkylation sites (N-methyl/N-ethyl adjacent to an activating group) is 1. The van der Waals surface area contributed by atoms with Crippen molar-refractivity contribution in [1.82, 2.24) is 9.80 Å². The van der Waals surface area contributed by atoms with Gasteiger partial charge in [-0.25, -0.2) is 0 Å². The molecule has 3 aromatic carbocycles.